The van der Waals surface area contributed by atoms with Crippen LogP contribution in [0.3, 0.4) is 0 Å². The average molecular weight is 200 g/mol. The smallest absolute Gasteiger partial charge is 0.318 e. The van der Waals surface area contributed by atoms with Crippen molar-refractivity contribution in [3.05, 3.63) is 5.89 Å². The van der Waals surface area contributed by atoms with Crippen LogP contribution in [-0.4, -0.2) is 35.0 Å². The predicted octanol–water partition coefficient (Wildman–Crippen LogP) is -0.263. The van der Waals surface area contributed by atoms with Gasteiger partial charge in [0, 0.05) is 13.1 Å². The lowest BCUT2D eigenvalue weighted by Crippen LogP contribution is -2.27. The van der Waals surface area contributed by atoms with Crippen molar-refractivity contribution in [1.82, 2.24) is 10.2 Å². The van der Waals surface area contributed by atoms with Crippen molar-refractivity contribution in [2.24, 2.45) is 5.73 Å². The lowest BCUT2D eigenvalue weighted by molar-refractivity contribution is 0.298. The first-order valence-corrected chi connectivity index (χ1v) is 4.70. The fraction of sp³-hybridized carbons (Fsp3) is 0.750. The van der Waals surface area contributed by atoms with Gasteiger partial charge in [-0.25, -0.2) is 0 Å². The number of rotatable bonds is 6. The SMILES string of the molecule is CCCN(CCO)c1nnc(CN)o1. The Kier molecular flexibility index (Phi) is 4.34. The molecule has 80 valence electrons. The summed E-state index contributed by atoms with van der Waals surface area (Å²) in [5, 5.41) is 16.4. The topological polar surface area (TPSA) is 88.4 Å². The second-order valence-electron chi connectivity index (χ2n) is 2.89. The van der Waals surface area contributed by atoms with Gasteiger partial charge in [-0.15, -0.1) is 5.10 Å². The van der Waals surface area contributed by atoms with Crippen LogP contribution < -0.4 is 10.6 Å². The van der Waals surface area contributed by atoms with Gasteiger partial charge < -0.3 is 20.2 Å². The maximum atomic E-state index is 8.83. The molecule has 0 aliphatic heterocycles. The zero-order chi connectivity index (χ0) is 10.4. The zero-order valence-corrected chi connectivity index (χ0v) is 8.31. The Balaban J connectivity index is 2.65. The molecule has 1 aromatic rings. The van der Waals surface area contributed by atoms with Gasteiger partial charge >= 0.3 is 6.01 Å². The first-order valence-electron chi connectivity index (χ1n) is 4.70. The quantitative estimate of drug-likeness (QED) is 0.657. The van der Waals surface area contributed by atoms with Crippen molar-refractivity contribution in [2.75, 3.05) is 24.6 Å². The molecule has 0 spiro atoms. The Morgan fingerprint density at radius 1 is 1.43 bits per heavy atom. The van der Waals surface area contributed by atoms with Crippen LogP contribution in [0.1, 0.15) is 19.2 Å². The van der Waals surface area contributed by atoms with Gasteiger partial charge in [-0.2, -0.15) is 0 Å². The van der Waals surface area contributed by atoms with E-state index in [0.717, 1.165) is 13.0 Å². The van der Waals surface area contributed by atoms with Crippen molar-refractivity contribution in [1.29, 1.82) is 0 Å². The minimum atomic E-state index is 0.0698. The van der Waals surface area contributed by atoms with E-state index in [4.69, 9.17) is 15.3 Å². The summed E-state index contributed by atoms with van der Waals surface area (Å²) in [6.07, 6.45) is 0.959. The minimum Gasteiger partial charge on any atom is -0.407 e. The van der Waals surface area contributed by atoms with Crippen molar-refractivity contribution in [3.8, 4) is 0 Å². The van der Waals surface area contributed by atoms with Gasteiger partial charge in [-0.1, -0.05) is 12.0 Å². The molecule has 0 bridgehead atoms. The highest BCUT2D eigenvalue weighted by Gasteiger charge is 2.12. The number of aromatic nitrogens is 2. The summed E-state index contributed by atoms with van der Waals surface area (Å²) in [5.74, 6) is 0.416. The van der Waals surface area contributed by atoms with Crippen LogP contribution in [0, 0.1) is 0 Å². The summed E-state index contributed by atoms with van der Waals surface area (Å²) >= 11 is 0. The third kappa shape index (κ3) is 2.68. The van der Waals surface area contributed by atoms with E-state index >= 15 is 0 Å². The summed E-state index contributed by atoms with van der Waals surface area (Å²) in [6.45, 7) is 3.64. The van der Waals surface area contributed by atoms with E-state index in [2.05, 4.69) is 10.2 Å². The molecule has 3 N–H and O–H groups in total. The van der Waals surface area contributed by atoms with Crippen LogP contribution >= 0.6 is 0 Å². The van der Waals surface area contributed by atoms with E-state index in [1.807, 2.05) is 11.8 Å². The number of nitrogens with zero attached hydrogens (tertiary/aromatic N) is 3. The fourth-order valence-corrected chi connectivity index (χ4v) is 1.15. The molecule has 0 saturated heterocycles. The maximum absolute atomic E-state index is 8.83. The van der Waals surface area contributed by atoms with Gasteiger partial charge in [0.25, 0.3) is 0 Å². The molecular weight excluding hydrogens is 184 g/mol. The van der Waals surface area contributed by atoms with Gasteiger partial charge in [0.2, 0.25) is 5.89 Å². The van der Waals surface area contributed by atoms with Gasteiger partial charge in [0.15, 0.2) is 0 Å². The normalized spacial score (nSPS) is 10.5. The van der Waals surface area contributed by atoms with Crippen LogP contribution in [0.2, 0.25) is 0 Å². The molecule has 0 atom stereocenters. The molecule has 1 heterocycles. The molecular formula is C8H16N4O2. The number of hydrogen-bond acceptors (Lipinski definition) is 6. The van der Waals surface area contributed by atoms with Crippen molar-refractivity contribution in [3.63, 3.8) is 0 Å². The number of nitrogens with two attached hydrogens (primary N) is 1. The van der Waals surface area contributed by atoms with Crippen molar-refractivity contribution in [2.45, 2.75) is 19.9 Å². The molecule has 0 aliphatic carbocycles. The van der Waals surface area contributed by atoms with Crippen LogP contribution in [0.4, 0.5) is 6.01 Å². The number of aliphatic hydroxyl groups is 1. The molecule has 1 aromatic heterocycles. The van der Waals surface area contributed by atoms with E-state index in [1.165, 1.54) is 0 Å². The minimum absolute atomic E-state index is 0.0698. The highest BCUT2D eigenvalue weighted by Crippen LogP contribution is 2.11. The number of anilines is 1. The van der Waals surface area contributed by atoms with E-state index in [9.17, 15) is 0 Å². The molecule has 0 aliphatic rings. The summed E-state index contributed by atoms with van der Waals surface area (Å²) in [4.78, 5) is 1.84. The summed E-state index contributed by atoms with van der Waals surface area (Å²) in [6, 6.07) is 0.432. The van der Waals surface area contributed by atoms with Crippen molar-refractivity contribution < 1.29 is 9.52 Å². The van der Waals surface area contributed by atoms with Crippen LogP contribution in [-0.2, 0) is 6.54 Å². The van der Waals surface area contributed by atoms with Gasteiger partial charge in [-0.3, -0.25) is 0 Å². The van der Waals surface area contributed by atoms with Crippen LogP contribution in [0.15, 0.2) is 4.42 Å². The van der Waals surface area contributed by atoms with E-state index in [1.54, 1.807) is 0 Å². The maximum Gasteiger partial charge on any atom is 0.318 e. The molecule has 0 unspecified atom stereocenters. The molecule has 0 fully saturated rings. The summed E-state index contributed by atoms with van der Waals surface area (Å²) in [7, 11) is 0. The Morgan fingerprint density at radius 3 is 2.71 bits per heavy atom. The zero-order valence-electron chi connectivity index (χ0n) is 8.31. The van der Waals surface area contributed by atoms with Crippen molar-refractivity contribution >= 4 is 6.01 Å². The second kappa shape index (κ2) is 5.56. The molecule has 0 saturated carbocycles. The van der Waals surface area contributed by atoms with E-state index in [0.29, 0.717) is 18.5 Å². The Morgan fingerprint density at radius 2 is 2.21 bits per heavy atom. The first-order chi connectivity index (χ1) is 6.81. The molecule has 1 rings (SSSR count). The standard InChI is InChI=1S/C8H16N4O2/c1-2-3-12(4-5-13)8-11-10-7(6-9)14-8/h13H,2-6,9H2,1H3. The summed E-state index contributed by atoms with van der Waals surface area (Å²) in [5.41, 5.74) is 5.35. The Bertz CT molecular complexity index is 258. The fourth-order valence-electron chi connectivity index (χ4n) is 1.15. The number of hydrogen-bond donors (Lipinski definition) is 2. The molecule has 0 aromatic carbocycles. The van der Waals surface area contributed by atoms with Crippen LogP contribution in [0.25, 0.3) is 0 Å². The largest absolute Gasteiger partial charge is 0.407 e. The predicted molar refractivity (Wildman–Crippen MR) is 51.8 cm³/mol. The Hall–Kier alpha value is -1.14. The van der Waals surface area contributed by atoms with Crippen LogP contribution in [0.5, 0.6) is 0 Å². The summed E-state index contributed by atoms with van der Waals surface area (Å²) < 4.78 is 5.27. The first kappa shape index (κ1) is 10.9. The number of aliphatic hydroxyl groups excluding tert-OH is 1. The monoisotopic (exact) mass is 200 g/mol. The molecule has 14 heavy (non-hydrogen) atoms. The van der Waals surface area contributed by atoms with Gasteiger partial charge in [0.05, 0.1) is 13.2 Å². The third-order valence-corrected chi connectivity index (χ3v) is 1.76. The lowest BCUT2D eigenvalue weighted by atomic mass is 10.4. The van der Waals surface area contributed by atoms with Gasteiger partial charge in [0.1, 0.15) is 0 Å². The molecule has 6 heteroatoms. The van der Waals surface area contributed by atoms with E-state index < -0.39 is 0 Å². The molecule has 0 amide bonds. The highest BCUT2D eigenvalue weighted by molar-refractivity contribution is 5.23. The molecule has 0 radical (unpaired) electrons. The Labute approximate surface area is 82.7 Å². The molecule has 6 nitrogen and oxygen atoms in total. The third-order valence-electron chi connectivity index (χ3n) is 1.76. The second-order valence-corrected chi connectivity index (χ2v) is 2.89. The highest BCUT2D eigenvalue weighted by atomic mass is 16.4. The lowest BCUT2D eigenvalue weighted by Gasteiger charge is -2.17. The van der Waals surface area contributed by atoms with E-state index in [-0.39, 0.29) is 13.2 Å². The average Bonchev–Trinajstić information content (AvgIpc) is 2.65. The van der Waals surface area contributed by atoms with Gasteiger partial charge in [-0.05, 0) is 6.42 Å².